The van der Waals surface area contributed by atoms with Crippen LogP contribution in [0.5, 0.6) is 0 Å². The molecular weight excluding hydrogens is 310 g/mol. The van der Waals surface area contributed by atoms with Gasteiger partial charge in [-0.05, 0) is 32.1 Å². The standard InChI is InChI=1S/C17H29N3O4/c1-24-9-6-18-16(22)15-10-14(21)11-20(15)13-4-7-19(8-5-13)17(23)12-2-3-12/h12-15,21H,2-11H2,1H3,(H,18,22)/t14-,15+/m1/s1. The number of carbonyl (C=O) groups excluding carboxylic acids is 2. The van der Waals surface area contributed by atoms with Gasteiger partial charge in [0.05, 0.1) is 18.8 Å². The first-order valence-electron chi connectivity index (χ1n) is 9.09. The van der Waals surface area contributed by atoms with Crippen molar-refractivity contribution in [1.29, 1.82) is 0 Å². The van der Waals surface area contributed by atoms with Gasteiger partial charge in [0.15, 0.2) is 0 Å². The van der Waals surface area contributed by atoms with E-state index in [0.717, 1.165) is 38.8 Å². The highest BCUT2D eigenvalue weighted by molar-refractivity contribution is 5.82. The lowest BCUT2D eigenvalue weighted by atomic mass is 10.0. The summed E-state index contributed by atoms with van der Waals surface area (Å²) in [6, 6.07) is -0.00359. The summed E-state index contributed by atoms with van der Waals surface area (Å²) in [6.07, 6.45) is 3.89. The number of nitrogens with one attached hydrogen (secondary N) is 1. The van der Waals surface area contributed by atoms with Gasteiger partial charge in [0.2, 0.25) is 11.8 Å². The summed E-state index contributed by atoms with van der Waals surface area (Å²) in [5.41, 5.74) is 0. The summed E-state index contributed by atoms with van der Waals surface area (Å²) in [6.45, 7) is 3.06. The van der Waals surface area contributed by atoms with Gasteiger partial charge in [0.1, 0.15) is 0 Å². The third-order valence-corrected chi connectivity index (χ3v) is 5.40. The average Bonchev–Trinajstić information content (AvgIpc) is 3.36. The molecule has 0 bridgehead atoms. The van der Waals surface area contributed by atoms with Crippen molar-refractivity contribution < 1.29 is 19.4 Å². The molecule has 2 amide bonds. The zero-order valence-corrected chi connectivity index (χ0v) is 14.4. The highest BCUT2D eigenvalue weighted by atomic mass is 16.5. The van der Waals surface area contributed by atoms with Crippen LogP contribution in [0, 0.1) is 5.92 Å². The summed E-state index contributed by atoms with van der Waals surface area (Å²) in [7, 11) is 1.61. The second kappa shape index (κ2) is 7.80. The average molecular weight is 339 g/mol. The fourth-order valence-corrected chi connectivity index (χ4v) is 3.90. The van der Waals surface area contributed by atoms with Crippen molar-refractivity contribution in [1.82, 2.24) is 15.1 Å². The summed E-state index contributed by atoms with van der Waals surface area (Å²) in [5.74, 6) is 0.554. The van der Waals surface area contributed by atoms with Crippen LogP contribution in [0.2, 0.25) is 0 Å². The maximum Gasteiger partial charge on any atom is 0.237 e. The van der Waals surface area contributed by atoms with Crippen LogP contribution in [0.25, 0.3) is 0 Å². The predicted octanol–water partition coefficient (Wildman–Crippen LogP) is -0.415. The van der Waals surface area contributed by atoms with Crippen LogP contribution >= 0.6 is 0 Å². The Bertz CT molecular complexity index is 461. The number of nitrogens with zero attached hydrogens (tertiary/aromatic N) is 2. The smallest absolute Gasteiger partial charge is 0.237 e. The number of piperidine rings is 1. The Morgan fingerprint density at radius 1 is 1.21 bits per heavy atom. The first-order valence-corrected chi connectivity index (χ1v) is 9.09. The number of hydrogen-bond acceptors (Lipinski definition) is 5. The molecule has 2 N–H and O–H groups in total. The molecule has 0 radical (unpaired) electrons. The number of methoxy groups -OCH3 is 1. The zero-order chi connectivity index (χ0) is 17.1. The van der Waals surface area contributed by atoms with Crippen LogP contribution in [0.1, 0.15) is 32.1 Å². The first kappa shape index (κ1) is 17.6. The second-order valence-electron chi connectivity index (χ2n) is 7.22. The van der Waals surface area contributed by atoms with Crippen molar-refractivity contribution in [2.24, 2.45) is 5.92 Å². The van der Waals surface area contributed by atoms with E-state index in [1.807, 2.05) is 4.90 Å². The van der Waals surface area contributed by atoms with Crippen molar-refractivity contribution in [3.8, 4) is 0 Å². The molecule has 2 atom stereocenters. The Labute approximate surface area is 143 Å². The molecule has 3 rings (SSSR count). The summed E-state index contributed by atoms with van der Waals surface area (Å²) >= 11 is 0. The number of β-amino-alcohol motifs (C(OH)–C–C–N with tert-alkyl or cyclic N) is 1. The van der Waals surface area contributed by atoms with E-state index in [9.17, 15) is 14.7 Å². The van der Waals surface area contributed by atoms with Crippen LogP contribution in [-0.4, -0.2) is 84.8 Å². The minimum Gasteiger partial charge on any atom is -0.392 e. The van der Waals surface area contributed by atoms with Gasteiger partial charge in [-0.2, -0.15) is 0 Å². The van der Waals surface area contributed by atoms with Crippen LogP contribution in [0.4, 0.5) is 0 Å². The van der Waals surface area contributed by atoms with Crippen LogP contribution in [0.3, 0.4) is 0 Å². The van der Waals surface area contributed by atoms with Gasteiger partial charge in [-0.15, -0.1) is 0 Å². The Morgan fingerprint density at radius 3 is 2.54 bits per heavy atom. The first-order chi connectivity index (χ1) is 11.6. The van der Waals surface area contributed by atoms with Crippen molar-refractivity contribution in [3.05, 3.63) is 0 Å². The third-order valence-electron chi connectivity index (χ3n) is 5.40. The van der Waals surface area contributed by atoms with E-state index in [4.69, 9.17) is 4.74 Å². The SMILES string of the molecule is COCCNC(=O)[C@@H]1C[C@@H](O)CN1C1CCN(C(=O)C2CC2)CC1. The molecule has 0 aromatic rings. The molecule has 2 saturated heterocycles. The quantitative estimate of drug-likeness (QED) is 0.643. The summed E-state index contributed by atoms with van der Waals surface area (Å²) < 4.78 is 4.96. The molecule has 1 aliphatic carbocycles. The van der Waals surface area contributed by atoms with Gasteiger partial charge in [0, 0.05) is 45.2 Å². The van der Waals surface area contributed by atoms with Crippen LogP contribution in [0.15, 0.2) is 0 Å². The van der Waals surface area contributed by atoms with Gasteiger partial charge in [-0.3, -0.25) is 14.5 Å². The van der Waals surface area contributed by atoms with Gasteiger partial charge in [0.25, 0.3) is 0 Å². The molecule has 7 nitrogen and oxygen atoms in total. The maximum atomic E-state index is 12.4. The van der Waals surface area contributed by atoms with E-state index in [-0.39, 0.29) is 23.9 Å². The molecule has 0 unspecified atom stereocenters. The third kappa shape index (κ3) is 4.07. The topological polar surface area (TPSA) is 82.1 Å². The van der Waals surface area contributed by atoms with Gasteiger partial charge >= 0.3 is 0 Å². The minimum absolute atomic E-state index is 0.0277. The highest BCUT2D eigenvalue weighted by Crippen LogP contribution is 2.33. The molecule has 0 aromatic heterocycles. The Hall–Kier alpha value is -1.18. The number of ether oxygens (including phenoxy) is 1. The molecule has 0 aromatic carbocycles. The molecule has 3 fully saturated rings. The van der Waals surface area contributed by atoms with E-state index in [1.54, 1.807) is 7.11 Å². The molecule has 7 heteroatoms. The van der Waals surface area contributed by atoms with Crippen molar-refractivity contribution in [2.75, 3.05) is 39.9 Å². The van der Waals surface area contributed by atoms with Crippen molar-refractivity contribution in [3.63, 3.8) is 0 Å². The molecule has 24 heavy (non-hydrogen) atoms. The van der Waals surface area contributed by atoms with E-state index in [1.165, 1.54) is 0 Å². The number of likely N-dealkylation sites (tertiary alicyclic amines) is 2. The largest absolute Gasteiger partial charge is 0.392 e. The van der Waals surface area contributed by atoms with Crippen molar-refractivity contribution in [2.45, 2.75) is 50.3 Å². The minimum atomic E-state index is -0.450. The van der Waals surface area contributed by atoms with Gasteiger partial charge < -0.3 is 20.1 Å². The number of rotatable bonds is 6. The number of aliphatic hydroxyl groups excluding tert-OH is 1. The van der Waals surface area contributed by atoms with E-state index in [0.29, 0.717) is 32.0 Å². The highest BCUT2D eigenvalue weighted by Gasteiger charge is 2.42. The molecule has 136 valence electrons. The monoisotopic (exact) mass is 339 g/mol. The van der Waals surface area contributed by atoms with Crippen molar-refractivity contribution >= 4 is 11.8 Å². The molecular formula is C17H29N3O4. The fraction of sp³-hybridized carbons (Fsp3) is 0.882. The van der Waals surface area contributed by atoms with E-state index < -0.39 is 6.10 Å². The second-order valence-corrected chi connectivity index (χ2v) is 7.22. The van der Waals surface area contributed by atoms with E-state index in [2.05, 4.69) is 10.2 Å². The fourth-order valence-electron chi connectivity index (χ4n) is 3.90. The predicted molar refractivity (Wildman–Crippen MR) is 88.3 cm³/mol. The maximum absolute atomic E-state index is 12.4. The normalized spacial score (nSPS) is 29.0. The molecule has 2 heterocycles. The molecule has 3 aliphatic rings. The number of hydrogen-bond donors (Lipinski definition) is 2. The Morgan fingerprint density at radius 2 is 1.92 bits per heavy atom. The Kier molecular flexibility index (Phi) is 5.73. The van der Waals surface area contributed by atoms with Crippen LogP contribution < -0.4 is 5.32 Å². The molecule has 0 spiro atoms. The molecule has 2 aliphatic heterocycles. The number of aliphatic hydroxyl groups is 1. The van der Waals surface area contributed by atoms with Crippen LogP contribution in [-0.2, 0) is 14.3 Å². The Balaban J connectivity index is 1.52. The van der Waals surface area contributed by atoms with E-state index >= 15 is 0 Å². The summed E-state index contributed by atoms with van der Waals surface area (Å²) in [4.78, 5) is 28.7. The lowest BCUT2D eigenvalue weighted by molar-refractivity contribution is -0.135. The summed E-state index contributed by atoms with van der Waals surface area (Å²) in [5, 5.41) is 12.9. The number of amides is 2. The van der Waals surface area contributed by atoms with Gasteiger partial charge in [-0.1, -0.05) is 0 Å². The lowest BCUT2D eigenvalue weighted by Crippen LogP contribution is -2.52. The number of carbonyl (C=O) groups is 2. The molecule has 1 saturated carbocycles. The lowest BCUT2D eigenvalue weighted by Gasteiger charge is -2.39. The zero-order valence-electron chi connectivity index (χ0n) is 14.4. The van der Waals surface area contributed by atoms with Gasteiger partial charge in [-0.25, -0.2) is 0 Å².